The van der Waals surface area contributed by atoms with Crippen LogP contribution in [0.4, 0.5) is 10.1 Å². The first-order valence-corrected chi connectivity index (χ1v) is 10.9. The summed E-state index contributed by atoms with van der Waals surface area (Å²) in [6, 6.07) is 5.99. The van der Waals surface area contributed by atoms with E-state index in [1.165, 1.54) is 23.5 Å². The van der Waals surface area contributed by atoms with E-state index in [1.807, 2.05) is 6.92 Å². The summed E-state index contributed by atoms with van der Waals surface area (Å²) in [5.74, 6) is -0.339. The van der Waals surface area contributed by atoms with Crippen LogP contribution in [0.15, 0.2) is 34.2 Å². The van der Waals surface area contributed by atoms with Crippen LogP contribution in [0.25, 0.3) is 10.2 Å². The third-order valence-electron chi connectivity index (χ3n) is 4.58. The van der Waals surface area contributed by atoms with Gasteiger partial charge in [0.2, 0.25) is 5.91 Å². The summed E-state index contributed by atoms with van der Waals surface area (Å²) in [7, 11) is 0. The average molecular weight is 420 g/mol. The van der Waals surface area contributed by atoms with Crippen molar-refractivity contribution in [2.75, 3.05) is 11.1 Å². The summed E-state index contributed by atoms with van der Waals surface area (Å²) in [4.78, 5) is 33.8. The zero-order valence-electron chi connectivity index (χ0n) is 16.0. The minimum absolute atomic E-state index is 0.0207. The fraction of sp³-hybridized carbons (Fsp3) is 0.350. The lowest BCUT2D eigenvalue weighted by Crippen LogP contribution is -2.16. The van der Waals surface area contributed by atoms with Gasteiger partial charge in [0.25, 0.3) is 5.56 Å². The lowest BCUT2D eigenvalue weighted by atomic mass is 9.98. The largest absolute Gasteiger partial charge is 0.323 e. The molecule has 2 aromatic heterocycles. The third kappa shape index (κ3) is 4.62. The first kappa shape index (κ1) is 20.5. The van der Waals surface area contributed by atoms with Crippen molar-refractivity contribution in [2.45, 2.75) is 38.8 Å². The van der Waals surface area contributed by atoms with Crippen molar-refractivity contribution in [3.8, 4) is 0 Å². The number of aryl methyl sites for hydroxylation is 1. The average Bonchev–Trinajstić information content (AvgIpc) is 2.97. The monoisotopic (exact) mass is 419 g/mol. The Hall–Kier alpha value is -2.19. The number of carbonyl (C=O) groups is 1. The Morgan fingerprint density at radius 1 is 1.39 bits per heavy atom. The SMILES string of the molecule is CC[C@H](C)Cc1c(C)sc2nc(SCC(=O)Nc3ccccc3F)[nH]c(=O)c12. The number of hydrogen-bond acceptors (Lipinski definition) is 5. The number of benzene rings is 1. The summed E-state index contributed by atoms with van der Waals surface area (Å²) in [5.41, 5.74) is 1.02. The quantitative estimate of drug-likeness (QED) is 0.428. The molecular formula is C20H22FN3O2S2. The summed E-state index contributed by atoms with van der Waals surface area (Å²) >= 11 is 2.63. The number of para-hydroxylation sites is 1. The number of halogens is 1. The molecule has 28 heavy (non-hydrogen) atoms. The predicted octanol–water partition coefficient (Wildman–Crippen LogP) is 4.75. The first-order chi connectivity index (χ1) is 13.4. The Morgan fingerprint density at radius 2 is 2.14 bits per heavy atom. The van der Waals surface area contributed by atoms with Crippen molar-refractivity contribution in [2.24, 2.45) is 5.92 Å². The van der Waals surface area contributed by atoms with E-state index in [9.17, 15) is 14.0 Å². The molecule has 2 N–H and O–H groups in total. The lowest BCUT2D eigenvalue weighted by molar-refractivity contribution is -0.113. The maximum atomic E-state index is 13.6. The van der Waals surface area contributed by atoms with Crippen molar-refractivity contribution >= 4 is 44.9 Å². The van der Waals surface area contributed by atoms with Crippen LogP contribution in [0.1, 0.15) is 30.7 Å². The highest BCUT2D eigenvalue weighted by Gasteiger charge is 2.17. The number of carbonyl (C=O) groups excluding carboxylic acids is 1. The molecule has 0 aliphatic heterocycles. The van der Waals surface area contributed by atoms with Gasteiger partial charge >= 0.3 is 0 Å². The van der Waals surface area contributed by atoms with Gasteiger partial charge in [-0.05, 0) is 37.0 Å². The normalized spacial score (nSPS) is 12.3. The molecule has 1 aromatic carbocycles. The number of nitrogens with zero attached hydrogens (tertiary/aromatic N) is 1. The molecule has 0 saturated heterocycles. The Labute approximate surface area is 170 Å². The summed E-state index contributed by atoms with van der Waals surface area (Å²) < 4.78 is 13.6. The third-order valence-corrected chi connectivity index (χ3v) is 6.49. The van der Waals surface area contributed by atoms with E-state index in [-0.39, 0.29) is 22.9 Å². The number of hydrogen-bond donors (Lipinski definition) is 2. The van der Waals surface area contributed by atoms with Gasteiger partial charge in [-0.25, -0.2) is 9.37 Å². The smallest absolute Gasteiger partial charge is 0.260 e. The van der Waals surface area contributed by atoms with E-state index in [1.54, 1.807) is 12.1 Å². The van der Waals surface area contributed by atoms with Crippen LogP contribution in [-0.2, 0) is 11.2 Å². The number of H-pyrrole nitrogens is 1. The van der Waals surface area contributed by atoms with Crippen molar-refractivity contribution in [1.82, 2.24) is 9.97 Å². The Kier molecular flexibility index (Phi) is 6.51. The standard InChI is InChI=1S/C20H22FN3O2S2/c1-4-11(2)9-13-12(3)28-19-17(13)18(26)23-20(24-19)27-10-16(25)22-15-8-6-5-7-14(15)21/h5-8,11H,4,9-10H2,1-3H3,(H,22,25)(H,23,24,26)/t11-/m0/s1. The second-order valence-electron chi connectivity index (χ2n) is 6.72. The number of thioether (sulfide) groups is 1. The number of aromatic nitrogens is 2. The van der Waals surface area contributed by atoms with Crippen LogP contribution in [0.2, 0.25) is 0 Å². The molecule has 148 valence electrons. The van der Waals surface area contributed by atoms with E-state index < -0.39 is 5.82 Å². The number of rotatable bonds is 7. The molecule has 0 spiro atoms. The van der Waals surface area contributed by atoms with Gasteiger partial charge in [-0.2, -0.15) is 0 Å². The molecule has 1 amide bonds. The van der Waals surface area contributed by atoms with Gasteiger partial charge in [-0.15, -0.1) is 11.3 Å². The molecule has 3 rings (SSSR count). The lowest BCUT2D eigenvalue weighted by Gasteiger charge is -2.08. The van der Waals surface area contributed by atoms with E-state index in [0.717, 1.165) is 35.0 Å². The van der Waals surface area contributed by atoms with Gasteiger partial charge in [0.05, 0.1) is 16.8 Å². The molecule has 0 radical (unpaired) electrons. The van der Waals surface area contributed by atoms with Gasteiger partial charge in [0, 0.05) is 4.88 Å². The molecule has 0 unspecified atom stereocenters. The number of nitrogens with one attached hydrogen (secondary N) is 2. The highest BCUT2D eigenvalue weighted by atomic mass is 32.2. The minimum Gasteiger partial charge on any atom is -0.323 e. The second kappa shape index (κ2) is 8.87. The Morgan fingerprint density at radius 3 is 2.86 bits per heavy atom. The summed E-state index contributed by atoms with van der Waals surface area (Å²) in [6.45, 7) is 6.32. The van der Waals surface area contributed by atoms with Gasteiger partial charge < -0.3 is 10.3 Å². The number of aromatic amines is 1. The minimum atomic E-state index is -0.489. The number of anilines is 1. The molecule has 5 nitrogen and oxygen atoms in total. The van der Waals surface area contributed by atoms with Crippen LogP contribution in [0.5, 0.6) is 0 Å². The van der Waals surface area contributed by atoms with Crippen molar-refractivity contribution in [1.29, 1.82) is 0 Å². The maximum absolute atomic E-state index is 13.6. The zero-order chi connectivity index (χ0) is 20.3. The van der Waals surface area contributed by atoms with E-state index in [2.05, 4.69) is 29.1 Å². The van der Waals surface area contributed by atoms with E-state index in [0.29, 0.717) is 21.3 Å². The second-order valence-corrected chi connectivity index (χ2v) is 8.89. The fourth-order valence-corrected chi connectivity index (χ4v) is 4.62. The molecule has 0 aliphatic rings. The van der Waals surface area contributed by atoms with Crippen LogP contribution < -0.4 is 10.9 Å². The summed E-state index contributed by atoms with van der Waals surface area (Å²) in [6.07, 6.45) is 1.90. The first-order valence-electron chi connectivity index (χ1n) is 9.08. The van der Waals surface area contributed by atoms with Gasteiger partial charge in [-0.3, -0.25) is 9.59 Å². The van der Waals surface area contributed by atoms with Crippen LogP contribution in [0.3, 0.4) is 0 Å². The van der Waals surface area contributed by atoms with Gasteiger partial charge in [-0.1, -0.05) is 44.2 Å². The van der Waals surface area contributed by atoms with Crippen LogP contribution >= 0.6 is 23.1 Å². The van der Waals surface area contributed by atoms with Crippen LogP contribution in [-0.4, -0.2) is 21.6 Å². The predicted molar refractivity (Wildman–Crippen MR) is 114 cm³/mol. The fourth-order valence-electron chi connectivity index (χ4n) is 2.85. The zero-order valence-corrected chi connectivity index (χ0v) is 17.6. The molecule has 0 aliphatic carbocycles. The molecule has 0 saturated carbocycles. The number of thiophene rings is 1. The topological polar surface area (TPSA) is 74.8 Å². The molecule has 3 aromatic rings. The number of amides is 1. The molecule has 1 atom stereocenters. The van der Waals surface area contributed by atoms with Crippen molar-refractivity contribution in [3.63, 3.8) is 0 Å². The van der Waals surface area contributed by atoms with Crippen LogP contribution in [0, 0.1) is 18.7 Å². The van der Waals surface area contributed by atoms with E-state index >= 15 is 0 Å². The van der Waals surface area contributed by atoms with Crippen molar-refractivity contribution < 1.29 is 9.18 Å². The molecule has 0 bridgehead atoms. The van der Waals surface area contributed by atoms with Gasteiger partial charge in [0.1, 0.15) is 10.6 Å². The molecule has 8 heteroatoms. The summed E-state index contributed by atoms with van der Waals surface area (Å²) in [5, 5.41) is 3.56. The Balaban J connectivity index is 1.75. The molecular weight excluding hydrogens is 397 g/mol. The molecule has 0 fully saturated rings. The van der Waals surface area contributed by atoms with E-state index in [4.69, 9.17) is 0 Å². The number of fused-ring (bicyclic) bond motifs is 1. The highest BCUT2D eigenvalue weighted by molar-refractivity contribution is 7.99. The van der Waals surface area contributed by atoms with Crippen molar-refractivity contribution in [3.05, 3.63) is 50.9 Å². The molecule has 2 heterocycles. The van der Waals surface area contributed by atoms with Gasteiger partial charge in [0.15, 0.2) is 5.16 Å². The highest BCUT2D eigenvalue weighted by Crippen LogP contribution is 2.30. The maximum Gasteiger partial charge on any atom is 0.260 e. The Bertz CT molecular complexity index is 1060.